The first kappa shape index (κ1) is 14.2. The third-order valence-electron chi connectivity index (χ3n) is 3.40. The maximum atomic E-state index is 12.3. The van der Waals surface area contributed by atoms with Gasteiger partial charge in [-0.05, 0) is 24.5 Å². The van der Waals surface area contributed by atoms with Gasteiger partial charge in [-0.25, -0.2) is 0 Å². The van der Waals surface area contributed by atoms with Crippen LogP contribution in [0.5, 0.6) is 0 Å². The molecule has 5 heteroatoms. The van der Waals surface area contributed by atoms with E-state index in [-0.39, 0.29) is 17.8 Å². The van der Waals surface area contributed by atoms with Crippen LogP contribution in [0.3, 0.4) is 0 Å². The van der Waals surface area contributed by atoms with E-state index in [0.717, 1.165) is 17.5 Å². The van der Waals surface area contributed by atoms with Gasteiger partial charge in [0.25, 0.3) is 0 Å². The molecule has 1 aromatic rings. The second-order valence-corrected chi connectivity index (χ2v) is 6.42. The average molecular weight is 282 g/mol. The Kier molecular flexibility index (Phi) is 4.71. The summed E-state index contributed by atoms with van der Waals surface area (Å²) in [5.41, 5.74) is 1.61. The highest BCUT2D eigenvalue weighted by Gasteiger charge is 2.29. The van der Waals surface area contributed by atoms with Gasteiger partial charge in [0, 0.05) is 23.2 Å². The van der Waals surface area contributed by atoms with E-state index < -0.39 is 16.8 Å². The SMILES string of the molecule is CC1OCCC1S(=O)Cc1ccccc1CC(=O)O. The minimum atomic E-state index is -1.02. The lowest BCUT2D eigenvalue weighted by Crippen LogP contribution is -2.24. The van der Waals surface area contributed by atoms with Crippen LogP contribution in [0.4, 0.5) is 0 Å². The standard InChI is InChI=1S/C14H18O4S/c1-10-13(6-7-18-10)19(17)9-12-5-3-2-4-11(12)8-14(15)16/h2-5,10,13H,6-9H2,1H3,(H,15,16). The lowest BCUT2D eigenvalue weighted by atomic mass is 10.1. The van der Waals surface area contributed by atoms with Gasteiger partial charge in [-0.15, -0.1) is 0 Å². The van der Waals surface area contributed by atoms with Crippen LogP contribution in [0, 0.1) is 0 Å². The van der Waals surface area contributed by atoms with Crippen LogP contribution in [0.1, 0.15) is 24.5 Å². The minimum Gasteiger partial charge on any atom is -0.481 e. The first-order valence-corrected chi connectivity index (χ1v) is 7.73. The summed E-state index contributed by atoms with van der Waals surface area (Å²) in [5, 5.41) is 8.94. The Bertz CT molecular complexity index is 486. The smallest absolute Gasteiger partial charge is 0.307 e. The Morgan fingerprint density at radius 1 is 1.42 bits per heavy atom. The monoisotopic (exact) mass is 282 g/mol. The van der Waals surface area contributed by atoms with Crippen LogP contribution in [-0.2, 0) is 32.5 Å². The summed E-state index contributed by atoms with van der Waals surface area (Å²) in [6.45, 7) is 2.60. The topological polar surface area (TPSA) is 63.6 Å². The number of carboxylic acids is 1. The van der Waals surface area contributed by atoms with Crippen LogP contribution < -0.4 is 0 Å². The fourth-order valence-electron chi connectivity index (χ4n) is 2.35. The number of hydrogen-bond acceptors (Lipinski definition) is 3. The van der Waals surface area contributed by atoms with Crippen molar-refractivity contribution < 1.29 is 18.8 Å². The maximum Gasteiger partial charge on any atom is 0.307 e. The molecule has 0 saturated carbocycles. The Morgan fingerprint density at radius 3 is 2.68 bits per heavy atom. The van der Waals surface area contributed by atoms with Crippen molar-refractivity contribution in [3.63, 3.8) is 0 Å². The van der Waals surface area contributed by atoms with Crippen molar-refractivity contribution >= 4 is 16.8 Å². The van der Waals surface area contributed by atoms with Gasteiger partial charge in [0.15, 0.2) is 0 Å². The van der Waals surface area contributed by atoms with Gasteiger partial charge in [-0.2, -0.15) is 0 Å². The maximum absolute atomic E-state index is 12.3. The number of carboxylic acid groups (broad SMARTS) is 1. The van der Waals surface area contributed by atoms with E-state index >= 15 is 0 Å². The number of rotatable bonds is 5. The van der Waals surface area contributed by atoms with E-state index in [1.54, 1.807) is 6.07 Å². The summed E-state index contributed by atoms with van der Waals surface area (Å²) in [4.78, 5) is 10.8. The molecule has 0 amide bonds. The molecule has 0 bridgehead atoms. The van der Waals surface area contributed by atoms with Crippen molar-refractivity contribution in [3.8, 4) is 0 Å². The molecule has 2 rings (SSSR count). The van der Waals surface area contributed by atoms with Gasteiger partial charge in [0.2, 0.25) is 0 Å². The molecule has 1 aliphatic heterocycles. The fraction of sp³-hybridized carbons (Fsp3) is 0.500. The van der Waals surface area contributed by atoms with Gasteiger partial charge in [-0.1, -0.05) is 24.3 Å². The molecule has 1 aromatic carbocycles. The Morgan fingerprint density at radius 2 is 2.11 bits per heavy atom. The molecule has 1 fully saturated rings. The first-order valence-electron chi connectivity index (χ1n) is 6.35. The summed E-state index contributed by atoms with van der Waals surface area (Å²) in [7, 11) is -1.02. The van der Waals surface area contributed by atoms with Crippen LogP contribution in [-0.4, -0.2) is 33.2 Å². The quantitative estimate of drug-likeness (QED) is 0.893. The molecule has 1 aliphatic rings. The van der Waals surface area contributed by atoms with Crippen LogP contribution in [0.25, 0.3) is 0 Å². The van der Waals surface area contributed by atoms with Gasteiger partial charge in [-0.3, -0.25) is 9.00 Å². The summed E-state index contributed by atoms with van der Waals surface area (Å²) in [5.74, 6) is -0.460. The molecule has 1 N–H and O–H groups in total. The molecule has 0 aliphatic carbocycles. The highest BCUT2D eigenvalue weighted by Crippen LogP contribution is 2.22. The van der Waals surface area contributed by atoms with E-state index in [0.29, 0.717) is 12.4 Å². The molecule has 4 nitrogen and oxygen atoms in total. The number of aliphatic carboxylic acids is 1. The molecule has 19 heavy (non-hydrogen) atoms. The Hall–Kier alpha value is -1.20. The average Bonchev–Trinajstić information content (AvgIpc) is 2.77. The van der Waals surface area contributed by atoms with Crippen molar-refractivity contribution in [3.05, 3.63) is 35.4 Å². The predicted molar refractivity (Wildman–Crippen MR) is 73.4 cm³/mol. The molecule has 104 valence electrons. The Balaban J connectivity index is 2.10. The lowest BCUT2D eigenvalue weighted by Gasteiger charge is -2.15. The van der Waals surface area contributed by atoms with E-state index in [1.165, 1.54) is 0 Å². The zero-order valence-corrected chi connectivity index (χ0v) is 11.7. The molecule has 1 heterocycles. The largest absolute Gasteiger partial charge is 0.481 e. The Labute approximate surface area is 115 Å². The van der Waals surface area contributed by atoms with Gasteiger partial charge in [0.1, 0.15) is 0 Å². The van der Waals surface area contributed by atoms with Crippen molar-refractivity contribution in [2.45, 2.75) is 36.9 Å². The van der Waals surface area contributed by atoms with Crippen LogP contribution in [0.2, 0.25) is 0 Å². The van der Waals surface area contributed by atoms with E-state index in [4.69, 9.17) is 9.84 Å². The van der Waals surface area contributed by atoms with E-state index in [2.05, 4.69) is 0 Å². The summed E-state index contributed by atoms with van der Waals surface area (Å²) >= 11 is 0. The van der Waals surface area contributed by atoms with E-state index in [1.807, 2.05) is 25.1 Å². The molecule has 0 spiro atoms. The van der Waals surface area contributed by atoms with Crippen molar-refractivity contribution in [2.24, 2.45) is 0 Å². The summed E-state index contributed by atoms with van der Waals surface area (Å²) in [6.07, 6.45) is 0.811. The molecule has 1 saturated heterocycles. The van der Waals surface area contributed by atoms with Crippen molar-refractivity contribution in [1.82, 2.24) is 0 Å². The van der Waals surface area contributed by atoms with Crippen LogP contribution in [0.15, 0.2) is 24.3 Å². The number of carbonyl (C=O) groups is 1. The highest BCUT2D eigenvalue weighted by molar-refractivity contribution is 7.84. The molecule has 3 unspecified atom stereocenters. The van der Waals surface area contributed by atoms with Gasteiger partial charge in [0.05, 0.1) is 17.8 Å². The van der Waals surface area contributed by atoms with Crippen molar-refractivity contribution in [2.75, 3.05) is 6.61 Å². The van der Waals surface area contributed by atoms with E-state index in [9.17, 15) is 9.00 Å². The normalized spacial score (nSPS) is 24.3. The predicted octanol–water partition coefficient (Wildman–Crippen LogP) is 1.74. The van der Waals surface area contributed by atoms with Gasteiger partial charge >= 0.3 is 5.97 Å². The minimum absolute atomic E-state index is 0.0208. The number of ether oxygens (including phenoxy) is 1. The zero-order chi connectivity index (χ0) is 13.8. The molecule has 3 atom stereocenters. The second kappa shape index (κ2) is 6.30. The third kappa shape index (κ3) is 3.64. The van der Waals surface area contributed by atoms with Gasteiger partial charge < -0.3 is 9.84 Å². The first-order chi connectivity index (χ1) is 9.08. The molecular weight excluding hydrogens is 264 g/mol. The fourth-order valence-corrected chi connectivity index (χ4v) is 4.02. The summed E-state index contributed by atoms with van der Waals surface area (Å²) in [6, 6.07) is 7.31. The molecular formula is C14H18O4S. The summed E-state index contributed by atoms with van der Waals surface area (Å²) < 4.78 is 17.8. The van der Waals surface area contributed by atoms with Crippen molar-refractivity contribution in [1.29, 1.82) is 0 Å². The third-order valence-corrected chi connectivity index (χ3v) is 5.29. The second-order valence-electron chi connectivity index (χ2n) is 4.77. The lowest BCUT2D eigenvalue weighted by molar-refractivity contribution is -0.136. The number of benzene rings is 1. The highest BCUT2D eigenvalue weighted by atomic mass is 32.2. The molecule has 0 aromatic heterocycles. The zero-order valence-electron chi connectivity index (χ0n) is 10.9. The molecule has 0 radical (unpaired) electrons. The van der Waals surface area contributed by atoms with Crippen LogP contribution >= 0.6 is 0 Å². The number of hydrogen-bond donors (Lipinski definition) is 1.